The molecule has 2 aromatic heterocycles. The number of H-pyrrole nitrogens is 1. The first-order chi connectivity index (χ1) is 11.8. The van der Waals surface area contributed by atoms with Gasteiger partial charge in [0.2, 0.25) is 11.1 Å². The molecule has 1 aromatic carbocycles. The Morgan fingerprint density at radius 1 is 1.38 bits per heavy atom. The van der Waals surface area contributed by atoms with Gasteiger partial charge in [0.15, 0.2) is 5.82 Å². The van der Waals surface area contributed by atoms with Gasteiger partial charge in [-0.2, -0.15) is 11.3 Å². The molecule has 0 aliphatic carbocycles. The molecule has 0 radical (unpaired) electrons. The smallest absolute Gasteiger partial charge is 0.238 e. The van der Waals surface area contributed by atoms with Crippen LogP contribution in [0.15, 0.2) is 65.0 Å². The fourth-order valence-electron chi connectivity index (χ4n) is 2.06. The number of allylic oxidation sites excluding steroid dienone is 1. The lowest BCUT2D eigenvalue weighted by atomic mass is 10.2. The number of carbonyl (C=O) groups excluding carboxylic acids is 1. The first kappa shape index (κ1) is 16.5. The molecule has 24 heavy (non-hydrogen) atoms. The molecule has 2 heterocycles. The van der Waals surface area contributed by atoms with Crippen LogP contribution in [-0.4, -0.2) is 26.3 Å². The highest BCUT2D eigenvalue weighted by molar-refractivity contribution is 8.00. The number of carbonyl (C=O) groups is 1. The van der Waals surface area contributed by atoms with Gasteiger partial charge in [-0.1, -0.05) is 36.0 Å². The Bertz CT molecular complexity index is 799. The molecule has 5 nitrogen and oxygen atoms in total. The number of nitrogens with zero attached hydrogens (tertiary/aromatic N) is 2. The second kappa shape index (κ2) is 7.94. The second-order valence-electron chi connectivity index (χ2n) is 4.96. The predicted molar refractivity (Wildman–Crippen MR) is 99.2 cm³/mol. The van der Waals surface area contributed by atoms with Gasteiger partial charge in [-0.25, -0.2) is 4.98 Å². The van der Waals surface area contributed by atoms with Crippen molar-refractivity contribution in [3.05, 3.63) is 59.8 Å². The number of para-hydroxylation sites is 1. The van der Waals surface area contributed by atoms with Crippen molar-refractivity contribution in [2.75, 3.05) is 5.32 Å². The number of thiophene rings is 1. The average molecular weight is 356 g/mol. The van der Waals surface area contributed by atoms with Crippen LogP contribution in [0.1, 0.15) is 6.42 Å². The summed E-state index contributed by atoms with van der Waals surface area (Å²) in [5, 5.41) is 14.2. The first-order valence-electron chi connectivity index (χ1n) is 7.34. The topological polar surface area (TPSA) is 70.7 Å². The molecule has 0 saturated heterocycles. The van der Waals surface area contributed by atoms with E-state index in [-0.39, 0.29) is 11.2 Å². The van der Waals surface area contributed by atoms with Gasteiger partial charge in [0, 0.05) is 16.6 Å². The minimum atomic E-state index is -0.339. The minimum Gasteiger partial charge on any atom is -0.325 e. The highest BCUT2D eigenvalue weighted by Crippen LogP contribution is 2.26. The zero-order valence-electron chi connectivity index (χ0n) is 12.8. The van der Waals surface area contributed by atoms with Crippen molar-refractivity contribution in [2.24, 2.45) is 0 Å². The molecule has 7 heteroatoms. The number of amides is 1. The Hall–Kier alpha value is -2.38. The minimum absolute atomic E-state index is 0.0898. The van der Waals surface area contributed by atoms with Gasteiger partial charge < -0.3 is 5.32 Å². The van der Waals surface area contributed by atoms with Crippen molar-refractivity contribution in [3.8, 4) is 11.4 Å². The Kier molecular flexibility index (Phi) is 5.45. The van der Waals surface area contributed by atoms with Crippen LogP contribution in [0.4, 0.5) is 5.69 Å². The van der Waals surface area contributed by atoms with Crippen LogP contribution in [-0.2, 0) is 4.79 Å². The van der Waals surface area contributed by atoms with Gasteiger partial charge >= 0.3 is 0 Å². The maximum absolute atomic E-state index is 12.5. The van der Waals surface area contributed by atoms with E-state index in [1.54, 1.807) is 17.4 Å². The SMILES string of the molecule is C=CCC(Sc1n[nH]c(-c2ccsc2)n1)C(=O)Nc1ccccc1. The summed E-state index contributed by atoms with van der Waals surface area (Å²) < 4.78 is 0. The van der Waals surface area contributed by atoms with E-state index >= 15 is 0 Å². The van der Waals surface area contributed by atoms with Crippen LogP contribution in [0.2, 0.25) is 0 Å². The lowest BCUT2D eigenvalue weighted by Crippen LogP contribution is -2.24. The predicted octanol–water partition coefficient (Wildman–Crippen LogP) is 4.21. The van der Waals surface area contributed by atoms with E-state index in [1.165, 1.54) is 11.8 Å². The number of aromatic nitrogens is 3. The molecular formula is C17H16N4OS2. The molecule has 2 N–H and O–H groups in total. The van der Waals surface area contributed by atoms with E-state index in [4.69, 9.17) is 0 Å². The van der Waals surface area contributed by atoms with Gasteiger partial charge in [-0.3, -0.25) is 9.89 Å². The Morgan fingerprint density at radius 2 is 2.21 bits per heavy atom. The van der Waals surface area contributed by atoms with E-state index < -0.39 is 0 Å². The van der Waals surface area contributed by atoms with Crippen molar-refractivity contribution in [1.82, 2.24) is 15.2 Å². The van der Waals surface area contributed by atoms with Gasteiger partial charge in [-0.05, 0) is 30.0 Å². The van der Waals surface area contributed by atoms with Crippen molar-refractivity contribution >= 4 is 34.7 Å². The number of rotatable bonds is 7. The summed E-state index contributed by atoms with van der Waals surface area (Å²) in [5.74, 6) is 0.618. The highest BCUT2D eigenvalue weighted by atomic mass is 32.2. The normalized spacial score (nSPS) is 11.8. The van der Waals surface area contributed by atoms with E-state index in [2.05, 4.69) is 27.1 Å². The van der Waals surface area contributed by atoms with E-state index in [9.17, 15) is 4.79 Å². The Morgan fingerprint density at radius 3 is 2.92 bits per heavy atom. The van der Waals surface area contributed by atoms with Gasteiger partial charge in [0.1, 0.15) is 0 Å². The fourth-order valence-corrected chi connectivity index (χ4v) is 3.59. The molecule has 0 saturated carbocycles. The summed E-state index contributed by atoms with van der Waals surface area (Å²) in [6.45, 7) is 3.74. The summed E-state index contributed by atoms with van der Waals surface area (Å²) in [4.78, 5) is 17.0. The summed E-state index contributed by atoms with van der Waals surface area (Å²) in [7, 11) is 0. The van der Waals surface area contributed by atoms with Crippen LogP contribution in [0.25, 0.3) is 11.4 Å². The fraction of sp³-hybridized carbons (Fsp3) is 0.118. The first-order valence-corrected chi connectivity index (χ1v) is 9.17. The van der Waals surface area contributed by atoms with Crippen LogP contribution in [0, 0.1) is 0 Å². The number of hydrogen-bond acceptors (Lipinski definition) is 5. The molecule has 3 rings (SSSR count). The molecule has 0 fully saturated rings. The third kappa shape index (κ3) is 4.12. The monoisotopic (exact) mass is 356 g/mol. The molecule has 0 aliphatic heterocycles. The molecule has 1 amide bonds. The van der Waals surface area contributed by atoms with Crippen molar-refractivity contribution < 1.29 is 4.79 Å². The zero-order valence-corrected chi connectivity index (χ0v) is 14.4. The number of benzene rings is 1. The number of thioether (sulfide) groups is 1. The summed E-state index contributed by atoms with van der Waals surface area (Å²) in [6, 6.07) is 11.4. The molecule has 1 atom stereocenters. The summed E-state index contributed by atoms with van der Waals surface area (Å²) in [5.41, 5.74) is 1.76. The maximum atomic E-state index is 12.5. The summed E-state index contributed by atoms with van der Waals surface area (Å²) >= 11 is 2.93. The lowest BCUT2D eigenvalue weighted by molar-refractivity contribution is -0.115. The number of hydrogen-bond donors (Lipinski definition) is 2. The standard InChI is InChI=1S/C17H16N4OS2/c1-2-6-14(16(22)18-13-7-4-3-5-8-13)24-17-19-15(20-21-17)12-9-10-23-11-12/h2-5,7-11,14H,1,6H2,(H,18,22)(H,19,20,21). The van der Waals surface area contributed by atoms with E-state index in [0.717, 1.165) is 11.3 Å². The molecule has 1 unspecified atom stereocenters. The largest absolute Gasteiger partial charge is 0.325 e. The number of anilines is 1. The molecular weight excluding hydrogens is 340 g/mol. The molecule has 122 valence electrons. The molecule has 3 aromatic rings. The lowest BCUT2D eigenvalue weighted by Gasteiger charge is -2.13. The molecule has 0 aliphatic rings. The quantitative estimate of drug-likeness (QED) is 0.491. The maximum Gasteiger partial charge on any atom is 0.238 e. The van der Waals surface area contributed by atoms with Crippen molar-refractivity contribution in [1.29, 1.82) is 0 Å². The highest BCUT2D eigenvalue weighted by Gasteiger charge is 2.21. The second-order valence-corrected chi connectivity index (χ2v) is 6.91. The van der Waals surface area contributed by atoms with Crippen LogP contribution >= 0.6 is 23.1 Å². The van der Waals surface area contributed by atoms with Crippen molar-refractivity contribution in [2.45, 2.75) is 16.8 Å². The average Bonchev–Trinajstić information content (AvgIpc) is 3.26. The van der Waals surface area contributed by atoms with E-state index in [1.807, 2.05) is 47.2 Å². The number of aromatic amines is 1. The van der Waals surface area contributed by atoms with Gasteiger partial charge in [0.05, 0.1) is 5.25 Å². The Balaban J connectivity index is 1.69. The Labute approximate surface area is 148 Å². The van der Waals surface area contributed by atoms with Crippen molar-refractivity contribution in [3.63, 3.8) is 0 Å². The third-order valence-electron chi connectivity index (χ3n) is 3.22. The number of nitrogens with one attached hydrogen (secondary N) is 2. The molecule has 0 bridgehead atoms. The zero-order chi connectivity index (χ0) is 16.8. The third-order valence-corrected chi connectivity index (χ3v) is 4.99. The van der Waals surface area contributed by atoms with Gasteiger partial charge in [0.25, 0.3) is 0 Å². The van der Waals surface area contributed by atoms with Gasteiger partial charge in [-0.15, -0.1) is 11.7 Å². The summed E-state index contributed by atoms with van der Waals surface area (Å²) in [6.07, 6.45) is 2.26. The van der Waals surface area contributed by atoms with Crippen LogP contribution < -0.4 is 5.32 Å². The van der Waals surface area contributed by atoms with Crippen LogP contribution in [0.3, 0.4) is 0 Å². The van der Waals surface area contributed by atoms with Crippen LogP contribution in [0.5, 0.6) is 0 Å². The molecule has 0 spiro atoms. The van der Waals surface area contributed by atoms with E-state index in [0.29, 0.717) is 17.4 Å².